The molecule has 0 bridgehead atoms. The summed E-state index contributed by atoms with van der Waals surface area (Å²) in [4.78, 5) is 0. The lowest BCUT2D eigenvalue weighted by atomic mass is 10.1. The zero-order chi connectivity index (χ0) is 9.35. The molecule has 12 heavy (non-hydrogen) atoms. The molecule has 0 fully saturated rings. The van der Waals surface area contributed by atoms with Gasteiger partial charge in [-0.15, -0.1) is 10.2 Å². The molecule has 0 saturated carbocycles. The van der Waals surface area contributed by atoms with Gasteiger partial charge in [-0.3, -0.25) is 0 Å². The standard InChI is InChI=1S/C6H13N5O/c1-6(2,12-3)4-9-10-5(7)11(4)8/h8H2,1-3H3,(H2,7,10). The van der Waals surface area contributed by atoms with E-state index in [-0.39, 0.29) is 5.95 Å². The van der Waals surface area contributed by atoms with E-state index in [9.17, 15) is 0 Å². The first kappa shape index (κ1) is 8.79. The fourth-order valence-electron chi connectivity index (χ4n) is 0.805. The zero-order valence-corrected chi connectivity index (χ0v) is 7.40. The lowest BCUT2D eigenvalue weighted by Crippen LogP contribution is -2.28. The minimum Gasteiger partial charge on any atom is -0.371 e. The van der Waals surface area contributed by atoms with Gasteiger partial charge in [0.05, 0.1) is 0 Å². The van der Waals surface area contributed by atoms with Crippen LogP contribution in [0, 0.1) is 0 Å². The van der Waals surface area contributed by atoms with Gasteiger partial charge < -0.3 is 16.3 Å². The highest BCUT2D eigenvalue weighted by atomic mass is 16.5. The second kappa shape index (κ2) is 2.63. The predicted octanol–water partition coefficient (Wildman–Crippen LogP) is -0.544. The van der Waals surface area contributed by atoms with E-state index in [1.54, 1.807) is 7.11 Å². The molecule has 0 aliphatic carbocycles. The molecule has 0 spiro atoms. The van der Waals surface area contributed by atoms with Crippen molar-refractivity contribution in [3.8, 4) is 0 Å². The van der Waals surface area contributed by atoms with Crippen LogP contribution in [0.5, 0.6) is 0 Å². The Balaban J connectivity index is 3.11. The van der Waals surface area contributed by atoms with Crippen molar-refractivity contribution < 1.29 is 4.74 Å². The van der Waals surface area contributed by atoms with E-state index < -0.39 is 5.60 Å². The number of nitrogens with zero attached hydrogens (tertiary/aromatic N) is 3. The molecule has 0 atom stereocenters. The van der Waals surface area contributed by atoms with E-state index in [0.29, 0.717) is 5.82 Å². The number of aromatic nitrogens is 3. The van der Waals surface area contributed by atoms with Crippen LogP contribution >= 0.6 is 0 Å². The van der Waals surface area contributed by atoms with Crippen molar-refractivity contribution >= 4 is 5.95 Å². The van der Waals surface area contributed by atoms with Crippen LogP contribution in [0.2, 0.25) is 0 Å². The third-order valence-corrected chi connectivity index (χ3v) is 1.77. The smallest absolute Gasteiger partial charge is 0.240 e. The molecule has 0 aromatic carbocycles. The fourth-order valence-corrected chi connectivity index (χ4v) is 0.805. The van der Waals surface area contributed by atoms with Crippen LogP contribution in [0.25, 0.3) is 0 Å². The molecule has 4 N–H and O–H groups in total. The minimum atomic E-state index is -0.570. The second-order valence-corrected chi connectivity index (χ2v) is 2.97. The molecule has 0 radical (unpaired) electrons. The Bertz CT molecular complexity index is 279. The van der Waals surface area contributed by atoms with Gasteiger partial charge in [-0.25, -0.2) is 4.68 Å². The molecule has 6 nitrogen and oxygen atoms in total. The van der Waals surface area contributed by atoms with Gasteiger partial charge in [0, 0.05) is 7.11 Å². The van der Waals surface area contributed by atoms with Crippen LogP contribution in [0.3, 0.4) is 0 Å². The van der Waals surface area contributed by atoms with Crippen molar-refractivity contribution in [3.05, 3.63) is 5.82 Å². The number of hydrogen-bond acceptors (Lipinski definition) is 5. The third kappa shape index (κ3) is 1.20. The highest BCUT2D eigenvalue weighted by Crippen LogP contribution is 2.20. The number of nitrogens with two attached hydrogens (primary N) is 2. The summed E-state index contributed by atoms with van der Waals surface area (Å²) in [6.45, 7) is 3.67. The van der Waals surface area contributed by atoms with Crippen molar-refractivity contribution in [1.82, 2.24) is 14.9 Å². The lowest BCUT2D eigenvalue weighted by molar-refractivity contribution is 0.00956. The maximum Gasteiger partial charge on any atom is 0.240 e. The van der Waals surface area contributed by atoms with Crippen molar-refractivity contribution in [3.63, 3.8) is 0 Å². The topological polar surface area (TPSA) is 92.0 Å². The third-order valence-electron chi connectivity index (χ3n) is 1.77. The minimum absolute atomic E-state index is 0.176. The average Bonchev–Trinajstić information content (AvgIpc) is 2.33. The Hall–Kier alpha value is -1.30. The van der Waals surface area contributed by atoms with Crippen LogP contribution in [0.15, 0.2) is 0 Å². The maximum absolute atomic E-state index is 5.55. The summed E-state index contributed by atoms with van der Waals surface area (Å²) in [7, 11) is 1.57. The van der Waals surface area contributed by atoms with Gasteiger partial charge >= 0.3 is 0 Å². The summed E-state index contributed by atoms with van der Waals surface area (Å²) in [6.07, 6.45) is 0. The van der Waals surface area contributed by atoms with E-state index in [2.05, 4.69) is 10.2 Å². The maximum atomic E-state index is 5.55. The Morgan fingerprint density at radius 2 is 2.00 bits per heavy atom. The van der Waals surface area contributed by atoms with Gasteiger partial charge in [0.15, 0.2) is 5.82 Å². The monoisotopic (exact) mass is 171 g/mol. The largest absolute Gasteiger partial charge is 0.371 e. The average molecular weight is 171 g/mol. The Morgan fingerprint density at radius 1 is 1.42 bits per heavy atom. The molecule has 0 aliphatic heterocycles. The van der Waals surface area contributed by atoms with E-state index in [1.807, 2.05) is 13.8 Å². The van der Waals surface area contributed by atoms with Gasteiger partial charge in [0.25, 0.3) is 0 Å². The Kier molecular flexibility index (Phi) is 1.93. The van der Waals surface area contributed by atoms with E-state index in [0.717, 1.165) is 0 Å². The summed E-state index contributed by atoms with van der Waals surface area (Å²) in [5, 5.41) is 7.41. The van der Waals surface area contributed by atoms with E-state index in [4.69, 9.17) is 16.3 Å². The molecular formula is C6H13N5O. The van der Waals surface area contributed by atoms with Crippen molar-refractivity contribution in [2.45, 2.75) is 19.4 Å². The van der Waals surface area contributed by atoms with Gasteiger partial charge in [-0.1, -0.05) is 0 Å². The normalized spacial score (nSPS) is 11.9. The molecule has 1 heterocycles. The Labute approximate surface area is 70.5 Å². The first-order chi connectivity index (χ1) is 5.49. The first-order valence-corrected chi connectivity index (χ1v) is 3.50. The van der Waals surface area contributed by atoms with Gasteiger partial charge in [0.1, 0.15) is 5.60 Å². The van der Waals surface area contributed by atoms with Crippen LogP contribution < -0.4 is 11.6 Å². The first-order valence-electron chi connectivity index (χ1n) is 3.50. The molecule has 1 rings (SSSR count). The lowest BCUT2D eigenvalue weighted by Gasteiger charge is -2.20. The van der Waals surface area contributed by atoms with Crippen LogP contribution in [-0.4, -0.2) is 22.0 Å². The number of anilines is 1. The quantitative estimate of drug-likeness (QED) is 0.583. The number of hydrogen-bond donors (Lipinski definition) is 2. The molecule has 0 aliphatic rings. The van der Waals surface area contributed by atoms with Crippen molar-refractivity contribution in [2.75, 3.05) is 18.7 Å². The summed E-state index contributed by atoms with van der Waals surface area (Å²) < 4.78 is 6.37. The zero-order valence-electron chi connectivity index (χ0n) is 7.40. The van der Waals surface area contributed by atoms with Gasteiger partial charge in [-0.2, -0.15) is 0 Å². The number of methoxy groups -OCH3 is 1. The molecule has 6 heteroatoms. The predicted molar refractivity (Wildman–Crippen MR) is 44.6 cm³/mol. The number of rotatable bonds is 2. The van der Waals surface area contributed by atoms with Crippen LogP contribution in [0.4, 0.5) is 5.95 Å². The highest BCUT2D eigenvalue weighted by Gasteiger charge is 2.26. The van der Waals surface area contributed by atoms with E-state index in [1.165, 1.54) is 4.68 Å². The summed E-state index contributed by atoms with van der Waals surface area (Å²) in [5.74, 6) is 6.23. The number of ether oxygens (including phenoxy) is 1. The summed E-state index contributed by atoms with van der Waals surface area (Å²) >= 11 is 0. The van der Waals surface area contributed by atoms with Crippen molar-refractivity contribution in [2.24, 2.45) is 0 Å². The highest BCUT2D eigenvalue weighted by molar-refractivity contribution is 5.19. The van der Waals surface area contributed by atoms with Gasteiger partial charge in [-0.05, 0) is 13.8 Å². The molecule has 1 aromatic heterocycles. The van der Waals surface area contributed by atoms with Crippen LogP contribution in [0.1, 0.15) is 19.7 Å². The molecule has 1 aromatic rings. The molecule has 0 amide bonds. The fraction of sp³-hybridized carbons (Fsp3) is 0.667. The van der Waals surface area contributed by atoms with Crippen LogP contribution in [-0.2, 0) is 10.3 Å². The summed E-state index contributed by atoms with van der Waals surface area (Å²) in [5.41, 5.74) is 4.83. The second-order valence-electron chi connectivity index (χ2n) is 2.97. The Morgan fingerprint density at radius 3 is 2.33 bits per heavy atom. The molecule has 68 valence electrons. The molecule has 0 saturated heterocycles. The van der Waals surface area contributed by atoms with Gasteiger partial charge in [0.2, 0.25) is 5.95 Å². The van der Waals surface area contributed by atoms with E-state index >= 15 is 0 Å². The molecule has 0 unspecified atom stereocenters. The SMILES string of the molecule is COC(C)(C)c1nnc(N)n1N. The molecular weight excluding hydrogens is 158 g/mol. The summed E-state index contributed by atoms with van der Waals surface area (Å²) in [6, 6.07) is 0. The van der Waals surface area contributed by atoms with Crippen molar-refractivity contribution in [1.29, 1.82) is 0 Å². The number of nitrogen functional groups attached to an aromatic ring is 2.